The summed E-state index contributed by atoms with van der Waals surface area (Å²) in [4.78, 5) is 28.4. The number of hydrogen-bond acceptors (Lipinski definition) is 5. The third-order valence-corrected chi connectivity index (χ3v) is 4.05. The molecule has 0 spiro atoms. The van der Waals surface area contributed by atoms with E-state index in [0.717, 1.165) is 11.1 Å². The van der Waals surface area contributed by atoms with Crippen molar-refractivity contribution in [3.8, 4) is 11.6 Å². The van der Waals surface area contributed by atoms with Gasteiger partial charge in [0.1, 0.15) is 5.02 Å². The molecule has 5 nitrogen and oxygen atoms in total. The van der Waals surface area contributed by atoms with E-state index in [4.69, 9.17) is 21.1 Å². The maximum Gasteiger partial charge on any atom is 0.344 e. The first kappa shape index (κ1) is 18.6. The fourth-order valence-electron chi connectivity index (χ4n) is 2.23. The van der Waals surface area contributed by atoms with Crippen molar-refractivity contribution in [3.63, 3.8) is 0 Å². The van der Waals surface area contributed by atoms with Crippen LogP contribution < -0.4 is 9.47 Å². The monoisotopic (exact) mass is 381 g/mol. The molecule has 136 valence electrons. The van der Waals surface area contributed by atoms with Crippen LogP contribution in [0.25, 0.3) is 0 Å². The molecular weight excluding hydrogens is 366 g/mol. The highest BCUT2D eigenvalue weighted by Crippen LogP contribution is 2.28. The number of ether oxygens (including phenoxy) is 2. The minimum absolute atomic E-state index is 0.0170. The van der Waals surface area contributed by atoms with Crippen molar-refractivity contribution in [2.45, 2.75) is 13.8 Å². The van der Waals surface area contributed by atoms with Crippen LogP contribution in [0.1, 0.15) is 31.8 Å². The third-order valence-electron chi connectivity index (χ3n) is 3.77. The van der Waals surface area contributed by atoms with Gasteiger partial charge in [-0.1, -0.05) is 47.0 Å². The molecule has 0 fully saturated rings. The molecule has 3 aromatic rings. The highest BCUT2D eigenvalue weighted by atomic mass is 35.5. The van der Waals surface area contributed by atoms with Crippen LogP contribution in [-0.2, 0) is 0 Å². The summed E-state index contributed by atoms with van der Waals surface area (Å²) in [5.41, 5.74) is 2.82. The first-order valence-corrected chi connectivity index (χ1v) is 8.53. The molecule has 0 saturated carbocycles. The third kappa shape index (κ3) is 4.71. The Morgan fingerprint density at radius 2 is 1.30 bits per heavy atom. The minimum Gasteiger partial charge on any atom is -0.421 e. The molecule has 0 saturated heterocycles. The van der Waals surface area contributed by atoms with Crippen molar-refractivity contribution in [2.75, 3.05) is 0 Å². The zero-order valence-corrected chi connectivity index (χ0v) is 15.5. The van der Waals surface area contributed by atoms with Crippen LogP contribution in [0, 0.1) is 13.8 Å². The number of nitrogens with zero attached hydrogens (tertiary/aromatic N) is 1. The van der Waals surface area contributed by atoms with Gasteiger partial charge in [-0.25, -0.2) is 14.6 Å². The minimum atomic E-state index is -0.570. The summed E-state index contributed by atoms with van der Waals surface area (Å²) in [5, 5.41) is 0.130. The molecule has 0 aliphatic carbocycles. The zero-order valence-electron chi connectivity index (χ0n) is 14.7. The number of aryl methyl sites for hydroxylation is 2. The van der Waals surface area contributed by atoms with E-state index < -0.39 is 11.9 Å². The van der Waals surface area contributed by atoms with Crippen LogP contribution in [0.15, 0.2) is 60.8 Å². The molecule has 0 N–H and O–H groups in total. The summed E-state index contributed by atoms with van der Waals surface area (Å²) in [6.07, 6.45) is 1.26. The Bertz CT molecular complexity index is 982. The Balaban J connectivity index is 1.75. The molecule has 0 aliphatic rings. The average Bonchev–Trinajstić information content (AvgIpc) is 2.65. The molecular formula is C21H16ClNO4. The van der Waals surface area contributed by atoms with Gasteiger partial charge in [0.2, 0.25) is 5.88 Å². The normalized spacial score (nSPS) is 10.3. The van der Waals surface area contributed by atoms with E-state index in [0.29, 0.717) is 11.1 Å². The highest BCUT2D eigenvalue weighted by molar-refractivity contribution is 6.32. The zero-order chi connectivity index (χ0) is 19.4. The second kappa shape index (κ2) is 8.01. The van der Waals surface area contributed by atoms with E-state index in [1.54, 1.807) is 48.5 Å². The standard InChI is InChI=1S/C21H16ClNO4/c1-13-3-7-15(8-4-13)20(24)26-18-11-19(23-12-17(18)22)27-21(25)16-9-5-14(2)6-10-16/h3-12H,1-2H3. The number of aromatic nitrogens is 1. The summed E-state index contributed by atoms with van der Waals surface area (Å²) in [6, 6.07) is 15.2. The number of esters is 2. The van der Waals surface area contributed by atoms with Gasteiger partial charge >= 0.3 is 11.9 Å². The van der Waals surface area contributed by atoms with Gasteiger partial charge in [-0.05, 0) is 38.1 Å². The van der Waals surface area contributed by atoms with E-state index >= 15 is 0 Å². The lowest BCUT2D eigenvalue weighted by atomic mass is 10.1. The molecule has 2 aromatic carbocycles. The van der Waals surface area contributed by atoms with Crippen LogP contribution >= 0.6 is 11.6 Å². The van der Waals surface area contributed by atoms with Crippen molar-refractivity contribution in [1.29, 1.82) is 0 Å². The summed E-state index contributed by atoms with van der Waals surface area (Å²) in [6.45, 7) is 3.84. The molecule has 0 amide bonds. The van der Waals surface area contributed by atoms with Crippen molar-refractivity contribution in [1.82, 2.24) is 4.98 Å². The quantitative estimate of drug-likeness (QED) is 0.608. The predicted molar refractivity (Wildman–Crippen MR) is 102 cm³/mol. The number of rotatable bonds is 4. The Morgan fingerprint density at radius 1 is 0.815 bits per heavy atom. The Labute approximate surface area is 161 Å². The highest BCUT2D eigenvalue weighted by Gasteiger charge is 2.15. The number of pyridine rings is 1. The molecule has 1 heterocycles. The number of hydrogen-bond donors (Lipinski definition) is 0. The first-order chi connectivity index (χ1) is 12.9. The van der Waals surface area contributed by atoms with Crippen molar-refractivity contribution < 1.29 is 19.1 Å². The Kier molecular flexibility index (Phi) is 5.52. The van der Waals surface area contributed by atoms with E-state index in [9.17, 15) is 9.59 Å². The SMILES string of the molecule is Cc1ccc(C(=O)Oc2cc(OC(=O)c3ccc(C)cc3)c(Cl)cn2)cc1. The maximum atomic E-state index is 12.3. The first-order valence-electron chi connectivity index (χ1n) is 8.15. The Morgan fingerprint density at radius 3 is 1.81 bits per heavy atom. The molecule has 3 rings (SSSR count). The summed E-state index contributed by atoms with van der Waals surface area (Å²) >= 11 is 6.04. The topological polar surface area (TPSA) is 65.5 Å². The van der Waals surface area contributed by atoms with Gasteiger partial charge in [-0.2, -0.15) is 0 Å². The Hall–Kier alpha value is -3.18. The van der Waals surface area contributed by atoms with E-state index in [-0.39, 0.29) is 16.7 Å². The van der Waals surface area contributed by atoms with Gasteiger partial charge in [0.25, 0.3) is 0 Å². The lowest BCUT2D eigenvalue weighted by molar-refractivity contribution is 0.0726. The van der Waals surface area contributed by atoms with Crippen LogP contribution in [-0.4, -0.2) is 16.9 Å². The largest absolute Gasteiger partial charge is 0.421 e. The smallest absolute Gasteiger partial charge is 0.344 e. The molecule has 0 radical (unpaired) electrons. The van der Waals surface area contributed by atoms with Crippen LogP contribution in [0.5, 0.6) is 11.6 Å². The van der Waals surface area contributed by atoms with Crippen LogP contribution in [0.3, 0.4) is 0 Å². The average molecular weight is 382 g/mol. The maximum absolute atomic E-state index is 12.3. The summed E-state index contributed by atoms with van der Waals surface area (Å²) in [7, 11) is 0. The molecule has 27 heavy (non-hydrogen) atoms. The van der Waals surface area contributed by atoms with Gasteiger partial charge < -0.3 is 9.47 Å². The molecule has 0 bridgehead atoms. The summed E-state index contributed by atoms with van der Waals surface area (Å²) in [5.74, 6) is -1.10. The van der Waals surface area contributed by atoms with E-state index in [1.807, 2.05) is 13.8 Å². The predicted octanol–water partition coefficient (Wildman–Crippen LogP) is 4.79. The molecule has 0 atom stereocenters. The van der Waals surface area contributed by atoms with Gasteiger partial charge in [0.15, 0.2) is 5.75 Å². The second-order valence-electron chi connectivity index (χ2n) is 5.96. The van der Waals surface area contributed by atoms with Crippen LogP contribution in [0.2, 0.25) is 5.02 Å². The molecule has 6 heteroatoms. The van der Waals surface area contributed by atoms with Crippen molar-refractivity contribution >= 4 is 23.5 Å². The van der Waals surface area contributed by atoms with Gasteiger partial charge in [-0.15, -0.1) is 0 Å². The fourth-order valence-corrected chi connectivity index (χ4v) is 2.37. The second-order valence-corrected chi connectivity index (χ2v) is 6.37. The molecule has 0 aliphatic heterocycles. The van der Waals surface area contributed by atoms with Gasteiger partial charge in [0.05, 0.1) is 17.3 Å². The van der Waals surface area contributed by atoms with Crippen LogP contribution in [0.4, 0.5) is 0 Å². The van der Waals surface area contributed by atoms with Crippen molar-refractivity contribution in [3.05, 3.63) is 88.1 Å². The van der Waals surface area contributed by atoms with Gasteiger partial charge in [-0.3, -0.25) is 0 Å². The number of carbonyl (C=O) groups is 2. The molecule has 0 unspecified atom stereocenters. The number of benzene rings is 2. The lowest BCUT2D eigenvalue weighted by Crippen LogP contribution is -2.11. The summed E-state index contributed by atoms with van der Waals surface area (Å²) < 4.78 is 10.6. The van der Waals surface area contributed by atoms with E-state index in [1.165, 1.54) is 12.3 Å². The number of halogens is 1. The van der Waals surface area contributed by atoms with Gasteiger partial charge in [0, 0.05) is 6.07 Å². The van der Waals surface area contributed by atoms with Crippen molar-refractivity contribution in [2.24, 2.45) is 0 Å². The lowest BCUT2D eigenvalue weighted by Gasteiger charge is -2.09. The molecule has 1 aromatic heterocycles. The number of carbonyl (C=O) groups excluding carboxylic acids is 2. The van der Waals surface area contributed by atoms with E-state index in [2.05, 4.69) is 4.98 Å². The fraction of sp³-hybridized carbons (Fsp3) is 0.0952.